The predicted octanol–water partition coefficient (Wildman–Crippen LogP) is 1.71. The number of hydrogen-bond donors (Lipinski definition) is 0. The number of ether oxygens (including phenoxy) is 2. The van der Waals surface area contributed by atoms with Gasteiger partial charge < -0.3 is 14.4 Å². The highest BCUT2D eigenvalue weighted by atomic mass is 35.5. The summed E-state index contributed by atoms with van der Waals surface area (Å²) in [5.74, 6) is -0.177. The molecule has 136 valence electrons. The number of benzene rings is 1. The highest BCUT2D eigenvalue weighted by Crippen LogP contribution is 2.32. The number of nitrogens with zero attached hydrogens (tertiary/aromatic N) is 2. The predicted molar refractivity (Wildman–Crippen MR) is 91.8 cm³/mol. The third-order valence-corrected chi connectivity index (χ3v) is 6.76. The van der Waals surface area contributed by atoms with Gasteiger partial charge in [0.2, 0.25) is 15.8 Å². The number of carbonyl (C=O) groups is 1. The van der Waals surface area contributed by atoms with Crippen molar-refractivity contribution in [2.75, 3.05) is 39.4 Å². The van der Waals surface area contributed by atoms with Crippen molar-refractivity contribution in [1.29, 1.82) is 0 Å². The standard InChI is InChI=1S/C15H16Cl2N2O5S/c16-11-2-1-3-12(17)14(11)25(21,22)19-6-4-18(5-7-19)15(20)13-10-23-8-9-24-13/h1-3,10H,4-9H2. The molecule has 3 rings (SSSR count). The molecule has 0 radical (unpaired) electrons. The van der Waals surface area contributed by atoms with E-state index in [9.17, 15) is 13.2 Å². The van der Waals surface area contributed by atoms with Gasteiger partial charge in [0.25, 0.3) is 5.91 Å². The smallest absolute Gasteiger partial charge is 0.292 e. The van der Waals surface area contributed by atoms with Crippen LogP contribution in [-0.2, 0) is 24.3 Å². The summed E-state index contributed by atoms with van der Waals surface area (Å²) in [5.41, 5.74) is 0. The molecule has 0 unspecified atom stereocenters. The third-order valence-electron chi connectivity index (χ3n) is 3.90. The molecule has 0 N–H and O–H groups in total. The van der Waals surface area contributed by atoms with Crippen LogP contribution >= 0.6 is 23.2 Å². The summed E-state index contributed by atoms with van der Waals surface area (Å²) in [6.45, 7) is 1.48. The summed E-state index contributed by atoms with van der Waals surface area (Å²) in [6.07, 6.45) is 1.29. The third kappa shape index (κ3) is 3.72. The average Bonchev–Trinajstić information content (AvgIpc) is 2.61. The molecule has 1 fully saturated rings. The Morgan fingerprint density at radius 1 is 1.04 bits per heavy atom. The lowest BCUT2D eigenvalue weighted by atomic mass is 10.3. The molecular weight excluding hydrogens is 391 g/mol. The topological polar surface area (TPSA) is 76.2 Å². The van der Waals surface area contributed by atoms with Gasteiger partial charge in [-0.3, -0.25) is 4.79 Å². The van der Waals surface area contributed by atoms with Crippen molar-refractivity contribution in [1.82, 2.24) is 9.21 Å². The van der Waals surface area contributed by atoms with Gasteiger partial charge in [-0.1, -0.05) is 29.3 Å². The number of piperazine rings is 1. The Morgan fingerprint density at radius 3 is 2.24 bits per heavy atom. The monoisotopic (exact) mass is 406 g/mol. The maximum atomic E-state index is 12.8. The van der Waals surface area contributed by atoms with E-state index in [2.05, 4.69) is 0 Å². The lowest BCUT2D eigenvalue weighted by Crippen LogP contribution is -2.51. The molecule has 2 aliphatic heterocycles. The maximum Gasteiger partial charge on any atom is 0.292 e. The summed E-state index contributed by atoms with van der Waals surface area (Å²) >= 11 is 12.0. The normalized spacial score (nSPS) is 19.0. The molecule has 1 amide bonds. The molecule has 0 aromatic heterocycles. The van der Waals surface area contributed by atoms with Gasteiger partial charge in [-0.15, -0.1) is 0 Å². The first-order chi connectivity index (χ1) is 11.9. The van der Waals surface area contributed by atoms with Gasteiger partial charge in [-0.05, 0) is 12.1 Å². The van der Waals surface area contributed by atoms with E-state index in [0.29, 0.717) is 13.2 Å². The van der Waals surface area contributed by atoms with E-state index in [0.717, 1.165) is 0 Å². The van der Waals surface area contributed by atoms with Crippen molar-refractivity contribution in [3.63, 3.8) is 0 Å². The van der Waals surface area contributed by atoms with Crippen LogP contribution in [0.3, 0.4) is 0 Å². The maximum absolute atomic E-state index is 12.8. The van der Waals surface area contributed by atoms with Crippen LogP contribution in [-0.4, -0.2) is 62.9 Å². The number of carbonyl (C=O) groups excluding carboxylic acids is 1. The van der Waals surface area contributed by atoms with Gasteiger partial charge in [0.1, 0.15) is 24.4 Å². The van der Waals surface area contributed by atoms with E-state index >= 15 is 0 Å². The first-order valence-electron chi connectivity index (χ1n) is 7.59. The van der Waals surface area contributed by atoms with Crippen molar-refractivity contribution >= 4 is 39.1 Å². The van der Waals surface area contributed by atoms with Crippen molar-refractivity contribution in [2.45, 2.75) is 4.90 Å². The quantitative estimate of drug-likeness (QED) is 0.763. The summed E-state index contributed by atoms with van der Waals surface area (Å²) < 4.78 is 37.2. The molecule has 0 bridgehead atoms. The molecule has 2 heterocycles. The van der Waals surface area contributed by atoms with E-state index in [1.807, 2.05) is 0 Å². The molecule has 25 heavy (non-hydrogen) atoms. The van der Waals surface area contributed by atoms with Crippen LogP contribution in [0.1, 0.15) is 0 Å². The van der Waals surface area contributed by atoms with Crippen LogP contribution in [0, 0.1) is 0 Å². The van der Waals surface area contributed by atoms with Gasteiger partial charge in [0.15, 0.2) is 0 Å². The average molecular weight is 407 g/mol. The first-order valence-corrected chi connectivity index (χ1v) is 9.79. The van der Waals surface area contributed by atoms with E-state index in [4.69, 9.17) is 32.7 Å². The summed E-state index contributed by atoms with van der Waals surface area (Å²) in [6, 6.07) is 4.54. The second kappa shape index (κ2) is 7.41. The van der Waals surface area contributed by atoms with E-state index in [1.54, 1.807) is 6.07 Å². The van der Waals surface area contributed by atoms with Gasteiger partial charge in [0.05, 0.1) is 10.0 Å². The Balaban J connectivity index is 1.71. The summed E-state index contributed by atoms with van der Waals surface area (Å²) in [5, 5.41) is 0.146. The van der Waals surface area contributed by atoms with Gasteiger partial charge in [-0.2, -0.15) is 4.31 Å². The second-order valence-electron chi connectivity index (χ2n) is 5.45. The van der Waals surface area contributed by atoms with Crippen molar-refractivity contribution in [3.8, 4) is 0 Å². The minimum absolute atomic E-state index is 0.0731. The zero-order valence-electron chi connectivity index (χ0n) is 13.2. The van der Waals surface area contributed by atoms with Crippen LogP contribution in [0.4, 0.5) is 0 Å². The zero-order chi connectivity index (χ0) is 18.0. The first kappa shape index (κ1) is 18.3. The lowest BCUT2D eigenvalue weighted by molar-refractivity contribution is -0.133. The fourth-order valence-electron chi connectivity index (χ4n) is 2.63. The molecule has 1 aromatic rings. The fraction of sp³-hybridized carbons (Fsp3) is 0.400. The van der Waals surface area contributed by atoms with Gasteiger partial charge in [0, 0.05) is 26.2 Å². The molecule has 7 nitrogen and oxygen atoms in total. The number of halogens is 2. The Hall–Kier alpha value is -1.48. The number of amides is 1. The van der Waals surface area contributed by atoms with Crippen LogP contribution < -0.4 is 0 Å². The molecule has 1 saturated heterocycles. The van der Waals surface area contributed by atoms with Gasteiger partial charge >= 0.3 is 0 Å². The molecule has 0 atom stereocenters. The molecule has 2 aliphatic rings. The van der Waals surface area contributed by atoms with Crippen LogP contribution in [0.15, 0.2) is 35.1 Å². The largest absolute Gasteiger partial charge is 0.494 e. The lowest BCUT2D eigenvalue weighted by Gasteiger charge is -2.34. The Morgan fingerprint density at radius 2 is 1.68 bits per heavy atom. The summed E-state index contributed by atoms with van der Waals surface area (Å²) in [4.78, 5) is 13.8. The number of rotatable bonds is 3. The molecular formula is C15H16Cl2N2O5S. The molecule has 0 spiro atoms. The minimum atomic E-state index is -3.84. The summed E-state index contributed by atoms with van der Waals surface area (Å²) in [7, 11) is -3.84. The van der Waals surface area contributed by atoms with E-state index in [1.165, 1.54) is 27.6 Å². The van der Waals surface area contributed by atoms with Crippen molar-refractivity contribution < 1.29 is 22.7 Å². The van der Waals surface area contributed by atoms with E-state index < -0.39 is 10.0 Å². The van der Waals surface area contributed by atoms with Crippen LogP contribution in [0.5, 0.6) is 0 Å². The highest BCUT2D eigenvalue weighted by Gasteiger charge is 2.34. The highest BCUT2D eigenvalue weighted by molar-refractivity contribution is 7.89. The zero-order valence-corrected chi connectivity index (χ0v) is 15.5. The Kier molecular flexibility index (Phi) is 5.43. The fourth-order valence-corrected chi connectivity index (χ4v) is 5.14. The Labute approximate surface area is 155 Å². The molecule has 1 aromatic carbocycles. The van der Waals surface area contributed by atoms with Gasteiger partial charge in [-0.25, -0.2) is 8.42 Å². The SMILES string of the molecule is O=C(C1=COCCO1)N1CCN(S(=O)(=O)c2c(Cl)cccc2Cl)CC1. The minimum Gasteiger partial charge on any atom is -0.494 e. The van der Waals surface area contributed by atoms with E-state index in [-0.39, 0.29) is 52.8 Å². The number of sulfonamides is 1. The molecule has 10 heteroatoms. The number of hydrogen-bond acceptors (Lipinski definition) is 5. The van der Waals surface area contributed by atoms with Crippen LogP contribution in [0.25, 0.3) is 0 Å². The van der Waals surface area contributed by atoms with Crippen molar-refractivity contribution in [3.05, 3.63) is 40.3 Å². The van der Waals surface area contributed by atoms with Crippen LogP contribution in [0.2, 0.25) is 10.0 Å². The van der Waals surface area contributed by atoms with Crippen molar-refractivity contribution in [2.24, 2.45) is 0 Å². The molecule has 0 saturated carbocycles. The Bertz CT molecular complexity index is 784. The molecule has 0 aliphatic carbocycles. The second-order valence-corrected chi connectivity index (χ2v) is 8.14.